The number of halogens is 3. The SMILES string of the molecule is CN(c1ccncc1)c1ccc(CN(C(=O)/C=C/c2ccc(C(F)(F)F)cc2)C2CCCN(C(=O)O)CC2)cc1. The minimum absolute atomic E-state index is 0.187. The predicted molar refractivity (Wildman–Crippen MR) is 147 cm³/mol. The summed E-state index contributed by atoms with van der Waals surface area (Å²) in [5.41, 5.74) is 2.57. The summed E-state index contributed by atoms with van der Waals surface area (Å²) in [5, 5.41) is 9.42. The van der Waals surface area contributed by atoms with Gasteiger partial charge >= 0.3 is 12.3 Å². The Bertz CT molecular complexity index is 1310. The molecule has 1 saturated heterocycles. The third-order valence-electron chi connectivity index (χ3n) is 7.07. The smallest absolute Gasteiger partial charge is 0.416 e. The third kappa shape index (κ3) is 7.40. The molecule has 4 rings (SSSR count). The minimum atomic E-state index is -4.43. The minimum Gasteiger partial charge on any atom is -0.465 e. The molecule has 2 heterocycles. The molecule has 1 unspecified atom stereocenters. The number of pyridine rings is 1. The van der Waals surface area contributed by atoms with Crippen LogP contribution in [0.2, 0.25) is 0 Å². The molecular formula is C30H31F3N4O3. The quantitative estimate of drug-likeness (QED) is 0.341. The van der Waals surface area contributed by atoms with Gasteiger partial charge in [0, 0.05) is 62.6 Å². The molecule has 210 valence electrons. The molecule has 1 aliphatic heterocycles. The highest BCUT2D eigenvalue weighted by atomic mass is 19.4. The van der Waals surface area contributed by atoms with E-state index in [2.05, 4.69) is 4.98 Å². The van der Waals surface area contributed by atoms with E-state index in [1.165, 1.54) is 29.2 Å². The van der Waals surface area contributed by atoms with Crippen molar-refractivity contribution in [3.8, 4) is 0 Å². The van der Waals surface area contributed by atoms with Crippen LogP contribution in [0.4, 0.5) is 29.3 Å². The van der Waals surface area contributed by atoms with Gasteiger partial charge in [-0.25, -0.2) is 4.79 Å². The van der Waals surface area contributed by atoms with Gasteiger partial charge < -0.3 is 19.8 Å². The van der Waals surface area contributed by atoms with Gasteiger partial charge in [-0.1, -0.05) is 24.3 Å². The summed E-state index contributed by atoms with van der Waals surface area (Å²) in [6.07, 6.45) is 2.67. The molecule has 1 aromatic heterocycles. The van der Waals surface area contributed by atoms with Crippen molar-refractivity contribution in [1.29, 1.82) is 0 Å². The van der Waals surface area contributed by atoms with Crippen LogP contribution in [0.5, 0.6) is 0 Å². The first-order valence-corrected chi connectivity index (χ1v) is 13.0. The van der Waals surface area contributed by atoms with Crippen LogP contribution in [-0.4, -0.2) is 58.1 Å². The molecule has 1 atom stereocenters. The second-order valence-corrected chi connectivity index (χ2v) is 9.70. The molecule has 1 aliphatic rings. The van der Waals surface area contributed by atoms with Crippen LogP contribution in [0.15, 0.2) is 79.1 Å². The number of carbonyl (C=O) groups is 2. The highest BCUT2D eigenvalue weighted by Gasteiger charge is 2.30. The molecule has 2 amide bonds. The average Bonchev–Trinajstić information content (AvgIpc) is 3.21. The largest absolute Gasteiger partial charge is 0.465 e. The van der Waals surface area contributed by atoms with Crippen LogP contribution in [0, 0.1) is 0 Å². The second kappa shape index (κ2) is 12.7. The van der Waals surface area contributed by atoms with Gasteiger partial charge in [-0.2, -0.15) is 13.2 Å². The van der Waals surface area contributed by atoms with Crippen LogP contribution in [0.3, 0.4) is 0 Å². The lowest BCUT2D eigenvalue weighted by Gasteiger charge is -2.31. The number of nitrogens with zero attached hydrogens (tertiary/aromatic N) is 4. The zero-order valence-electron chi connectivity index (χ0n) is 22.1. The van der Waals surface area contributed by atoms with E-state index in [4.69, 9.17) is 0 Å². The Morgan fingerprint density at radius 3 is 2.25 bits per heavy atom. The lowest BCUT2D eigenvalue weighted by Crippen LogP contribution is -2.40. The van der Waals surface area contributed by atoms with Crippen LogP contribution < -0.4 is 4.90 Å². The van der Waals surface area contributed by atoms with Crippen molar-refractivity contribution < 1.29 is 27.9 Å². The number of alkyl halides is 3. The molecule has 1 N–H and O–H groups in total. The van der Waals surface area contributed by atoms with E-state index < -0.39 is 17.8 Å². The molecule has 0 bridgehead atoms. The zero-order valence-corrected chi connectivity index (χ0v) is 22.1. The first kappa shape index (κ1) is 28.7. The topological polar surface area (TPSA) is 77.0 Å². The summed E-state index contributed by atoms with van der Waals surface area (Å²) in [7, 11) is 1.95. The van der Waals surface area contributed by atoms with E-state index in [0.717, 1.165) is 29.1 Å². The van der Waals surface area contributed by atoms with E-state index in [-0.39, 0.29) is 11.9 Å². The number of aromatic nitrogens is 1. The fourth-order valence-corrected chi connectivity index (χ4v) is 4.75. The van der Waals surface area contributed by atoms with Gasteiger partial charge in [-0.15, -0.1) is 0 Å². The highest BCUT2D eigenvalue weighted by molar-refractivity contribution is 5.92. The molecule has 0 saturated carbocycles. The molecule has 7 nitrogen and oxygen atoms in total. The van der Waals surface area contributed by atoms with Gasteiger partial charge in [0.05, 0.1) is 5.56 Å². The zero-order chi connectivity index (χ0) is 28.7. The number of benzene rings is 2. The van der Waals surface area contributed by atoms with Gasteiger partial charge in [0.25, 0.3) is 0 Å². The summed E-state index contributed by atoms with van der Waals surface area (Å²) in [4.78, 5) is 34.1. The number of carbonyl (C=O) groups excluding carboxylic acids is 1. The first-order chi connectivity index (χ1) is 19.1. The van der Waals surface area contributed by atoms with Crippen LogP contribution >= 0.6 is 0 Å². The maximum absolute atomic E-state index is 13.4. The number of rotatable bonds is 7. The number of carboxylic acid groups (broad SMARTS) is 1. The Labute approximate surface area is 231 Å². The summed E-state index contributed by atoms with van der Waals surface area (Å²) in [5.74, 6) is -0.286. The summed E-state index contributed by atoms with van der Waals surface area (Å²) >= 11 is 0. The number of anilines is 2. The molecule has 0 aliphatic carbocycles. The van der Waals surface area contributed by atoms with Crippen molar-refractivity contribution in [2.24, 2.45) is 0 Å². The molecule has 2 aromatic carbocycles. The fourth-order valence-electron chi connectivity index (χ4n) is 4.75. The lowest BCUT2D eigenvalue weighted by molar-refractivity contribution is -0.137. The molecule has 3 aromatic rings. The van der Waals surface area contributed by atoms with Gasteiger partial charge in [0.15, 0.2) is 0 Å². The van der Waals surface area contributed by atoms with E-state index in [1.54, 1.807) is 17.3 Å². The second-order valence-electron chi connectivity index (χ2n) is 9.70. The van der Waals surface area contributed by atoms with E-state index in [1.807, 2.05) is 48.3 Å². The highest BCUT2D eigenvalue weighted by Crippen LogP contribution is 2.29. The lowest BCUT2D eigenvalue weighted by atomic mass is 10.0. The van der Waals surface area contributed by atoms with E-state index in [9.17, 15) is 27.9 Å². The van der Waals surface area contributed by atoms with Crippen molar-refractivity contribution in [3.63, 3.8) is 0 Å². The Kier molecular flexibility index (Phi) is 9.08. The first-order valence-electron chi connectivity index (χ1n) is 13.0. The van der Waals surface area contributed by atoms with Crippen molar-refractivity contribution in [1.82, 2.24) is 14.8 Å². The van der Waals surface area contributed by atoms with Crippen molar-refractivity contribution in [3.05, 3.63) is 95.8 Å². The van der Waals surface area contributed by atoms with E-state index in [0.29, 0.717) is 44.5 Å². The molecule has 10 heteroatoms. The number of hydrogen-bond acceptors (Lipinski definition) is 4. The number of likely N-dealkylation sites (tertiary alicyclic amines) is 1. The van der Waals surface area contributed by atoms with Crippen molar-refractivity contribution in [2.75, 3.05) is 25.0 Å². The maximum atomic E-state index is 13.4. The Balaban J connectivity index is 1.53. The van der Waals surface area contributed by atoms with Gasteiger partial charge in [0.1, 0.15) is 0 Å². The predicted octanol–water partition coefficient (Wildman–Crippen LogP) is 6.44. The molecule has 0 radical (unpaired) electrons. The van der Waals surface area contributed by atoms with E-state index >= 15 is 0 Å². The summed E-state index contributed by atoms with van der Waals surface area (Å²) < 4.78 is 38.7. The third-order valence-corrected chi connectivity index (χ3v) is 7.07. The van der Waals surface area contributed by atoms with Crippen LogP contribution in [-0.2, 0) is 17.5 Å². The van der Waals surface area contributed by atoms with Gasteiger partial charge in [0.2, 0.25) is 5.91 Å². The molecule has 40 heavy (non-hydrogen) atoms. The summed E-state index contributed by atoms with van der Waals surface area (Å²) in [6, 6.07) is 16.1. The maximum Gasteiger partial charge on any atom is 0.416 e. The van der Waals surface area contributed by atoms with Crippen LogP contribution in [0.25, 0.3) is 6.08 Å². The molecule has 1 fully saturated rings. The Morgan fingerprint density at radius 1 is 0.975 bits per heavy atom. The fraction of sp³-hybridized carbons (Fsp3) is 0.300. The molecule has 0 spiro atoms. The number of amides is 2. The van der Waals surface area contributed by atoms with Crippen LogP contribution in [0.1, 0.15) is 36.0 Å². The number of hydrogen-bond donors (Lipinski definition) is 1. The summed E-state index contributed by atoms with van der Waals surface area (Å²) in [6.45, 7) is 1.04. The Hall–Kier alpha value is -4.34. The van der Waals surface area contributed by atoms with Gasteiger partial charge in [-0.3, -0.25) is 9.78 Å². The van der Waals surface area contributed by atoms with Crippen molar-refractivity contribution in [2.45, 2.75) is 38.0 Å². The molecular weight excluding hydrogens is 521 g/mol. The van der Waals surface area contributed by atoms with Gasteiger partial charge in [-0.05, 0) is 72.9 Å². The Morgan fingerprint density at radius 2 is 1.62 bits per heavy atom. The normalized spacial score (nSPS) is 16.0. The van der Waals surface area contributed by atoms with Crippen molar-refractivity contribution >= 4 is 29.5 Å². The average molecular weight is 553 g/mol. The monoisotopic (exact) mass is 552 g/mol. The standard InChI is InChI=1S/C30H31F3N4O3/c1-35(26-14-17-34-18-15-26)25-11-6-23(7-12-25)21-37(27-3-2-19-36(20-16-27)29(39)40)28(38)13-8-22-4-9-24(10-5-22)30(31,32)33/h4-15,17-18,27H,2-3,16,19-21H2,1H3,(H,39,40)/b13-8+.